The zero-order valence-electron chi connectivity index (χ0n) is 29.5. The van der Waals surface area contributed by atoms with Gasteiger partial charge in [-0.05, 0) is 32.1 Å². The summed E-state index contributed by atoms with van der Waals surface area (Å²) in [5.74, 6) is -0.840. The number of phosphoric ester groups is 1. The summed E-state index contributed by atoms with van der Waals surface area (Å²) in [6.45, 7) is 4.17. The average molecular weight is 671 g/mol. The number of nitrogens with zero attached hydrogens (tertiary/aromatic N) is 1. The summed E-state index contributed by atoms with van der Waals surface area (Å²) < 4.78 is 33.9. The molecule has 266 valence electrons. The number of hydrogen-bond donors (Lipinski definition) is 1. The lowest BCUT2D eigenvalue weighted by atomic mass is 10.1. The van der Waals surface area contributed by atoms with E-state index in [1.807, 2.05) is 51.5 Å². The molecule has 0 spiro atoms. The Kier molecular flexibility index (Phi) is 27.8. The van der Waals surface area contributed by atoms with E-state index in [2.05, 4.69) is 32.1 Å². The van der Waals surface area contributed by atoms with E-state index in [1.165, 1.54) is 25.7 Å². The van der Waals surface area contributed by atoms with Crippen LogP contribution in [-0.2, 0) is 32.7 Å². The first kappa shape index (κ1) is 44.0. The van der Waals surface area contributed by atoms with E-state index in [4.69, 9.17) is 18.5 Å². The molecule has 0 aliphatic heterocycles. The Labute approximate surface area is 280 Å². The molecule has 46 heavy (non-hydrogen) atoms. The number of ether oxygens (including phenoxy) is 2. The molecule has 1 N–H and O–H groups in total. The quantitative estimate of drug-likeness (QED) is 0.0266. The Morgan fingerprint density at radius 3 is 1.85 bits per heavy atom. The van der Waals surface area contributed by atoms with Crippen LogP contribution in [0, 0.1) is 0 Å². The van der Waals surface area contributed by atoms with E-state index in [0.29, 0.717) is 17.4 Å². The third-order valence-electron chi connectivity index (χ3n) is 6.97. The molecule has 0 aliphatic rings. The van der Waals surface area contributed by atoms with Gasteiger partial charge in [0.05, 0.1) is 27.7 Å². The van der Waals surface area contributed by atoms with E-state index in [1.54, 1.807) is 0 Å². The summed E-state index contributed by atoms with van der Waals surface area (Å²) in [7, 11) is 1.45. The fraction of sp³-hybridized carbons (Fsp3) is 0.722. The summed E-state index contributed by atoms with van der Waals surface area (Å²) in [5, 5.41) is 0. The summed E-state index contributed by atoms with van der Waals surface area (Å²) in [5.41, 5.74) is 0. The molecule has 0 bridgehead atoms. The molecule has 10 heteroatoms. The maximum atomic E-state index is 12.6. The van der Waals surface area contributed by atoms with Crippen LogP contribution < -0.4 is 0 Å². The van der Waals surface area contributed by atoms with Crippen LogP contribution in [0.2, 0.25) is 0 Å². The highest BCUT2D eigenvalue weighted by Gasteiger charge is 2.27. The lowest BCUT2D eigenvalue weighted by Crippen LogP contribution is -2.37. The number of hydrogen-bond acceptors (Lipinski definition) is 7. The van der Waals surface area contributed by atoms with Gasteiger partial charge in [0.2, 0.25) is 0 Å². The highest BCUT2D eigenvalue weighted by Crippen LogP contribution is 2.43. The van der Waals surface area contributed by atoms with Crippen molar-refractivity contribution in [3.63, 3.8) is 0 Å². The number of carbonyl (C=O) groups is 2. The van der Waals surface area contributed by atoms with Crippen molar-refractivity contribution in [1.29, 1.82) is 0 Å². The highest BCUT2D eigenvalue weighted by atomic mass is 31.2. The second-order valence-electron chi connectivity index (χ2n) is 12.6. The number of rotatable bonds is 30. The van der Waals surface area contributed by atoms with E-state index in [-0.39, 0.29) is 32.0 Å². The normalized spacial score (nSPS) is 14.5. The first-order valence-electron chi connectivity index (χ1n) is 17.4. The highest BCUT2D eigenvalue weighted by molar-refractivity contribution is 7.47. The standard InChI is InChI=1S/C36H64NO8P/c1-6-8-10-12-14-15-16-17-18-19-20-21-23-25-27-29-36(39)45-34(33-44-46(40,41)43-31-30-37(3,4)5)32-42-35(38)28-26-24-22-13-11-9-7-2/h8,10,12,14-18,34H,6-7,9,11,13,19-33H2,1-5H3/p+1/b10-8+,14-12+,16-15+,18-17+/t34-/m1/s1. The maximum absolute atomic E-state index is 12.6. The van der Waals surface area contributed by atoms with E-state index in [9.17, 15) is 19.0 Å². The molecule has 0 radical (unpaired) electrons. The summed E-state index contributed by atoms with van der Waals surface area (Å²) in [6.07, 6.45) is 30.3. The monoisotopic (exact) mass is 670 g/mol. The fourth-order valence-corrected chi connectivity index (χ4v) is 4.94. The number of quaternary nitrogens is 1. The second-order valence-corrected chi connectivity index (χ2v) is 14.1. The van der Waals surface area contributed by atoms with Gasteiger partial charge < -0.3 is 18.9 Å². The van der Waals surface area contributed by atoms with Crippen LogP contribution in [0.3, 0.4) is 0 Å². The predicted octanol–water partition coefficient (Wildman–Crippen LogP) is 8.79. The van der Waals surface area contributed by atoms with Gasteiger partial charge in [-0.3, -0.25) is 18.6 Å². The number of carbonyl (C=O) groups excluding carboxylic acids is 2. The summed E-state index contributed by atoms with van der Waals surface area (Å²) in [6, 6.07) is 0. The maximum Gasteiger partial charge on any atom is 0.472 e. The van der Waals surface area contributed by atoms with Crippen LogP contribution in [0.15, 0.2) is 48.6 Å². The molecule has 0 saturated carbocycles. The van der Waals surface area contributed by atoms with Crippen molar-refractivity contribution >= 4 is 19.8 Å². The molecule has 0 aromatic heterocycles. The van der Waals surface area contributed by atoms with Crippen molar-refractivity contribution in [3.05, 3.63) is 48.6 Å². The zero-order chi connectivity index (χ0) is 34.4. The van der Waals surface area contributed by atoms with Crippen LogP contribution in [-0.4, -0.2) is 74.9 Å². The van der Waals surface area contributed by atoms with Gasteiger partial charge in [0.15, 0.2) is 6.10 Å². The number of allylic oxidation sites excluding steroid dienone is 8. The molecular formula is C36H65NO8P+. The number of phosphoric acid groups is 1. The smallest absolute Gasteiger partial charge is 0.462 e. The summed E-state index contributed by atoms with van der Waals surface area (Å²) >= 11 is 0. The van der Waals surface area contributed by atoms with Crippen LogP contribution in [0.5, 0.6) is 0 Å². The Bertz CT molecular complexity index is 939. The minimum Gasteiger partial charge on any atom is -0.462 e. The first-order chi connectivity index (χ1) is 22.0. The largest absolute Gasteiger partial charge is 0.472 e. The van der Waals surface area contributed by atoms with Gasteiger partial charge in [-0.1, -0.05) is 120 Å². The molecule has 0 amide bonds. The Morgan fingerprint density at radius 2 is 1.24 bits per heavy atom. The molecule has 0 saturated heterocycles. The SMILES string of the molecule is CC/C=C/C=C/C=C/C=C/CCCCCCCC(=O)O[C@H](COC(=O)CCCCCCCCC)COP(=O)(O)OCC[N+](C)(C)C. The molecule has 0 fully saturated rings. The third-order valence-corrected chi connectivity index (χ3v) is 7.95. The molecule has 0 rings (SSSR count). The fourth-order valence-electron chi connectivity index (χ4n) is 4.20. The zero-order valence-corrected chi connectivity index (χ0v) is 30.4. The molecule has 9 nitrogen and oxygen atoms in total. The van der Waals surface area contributed by atoms with Crippen molar-refractivity contribution < 1.29 is 42.1 Å². The van der Waals surface area contributed by atoms with Gasteiger partial charge in [0, 0.05) is 12.8 Å². The van der Waals surface area contributed by atoms with Gasteiger partial charge >= 0.3 is 19.8 Å². The minimum atomic E-state index is -4.37. The molecule has 0 aromatic rings. The van der Waals surface area contributed by atoms with Crippen LogP contribution in [0.25, 0.3) is 0 Å². The first-order valence-corrected chi connectivity index (χ1v) is 18.9. The van der Waals surface area contributed by atoms with Crippen LogP contribution >= 0.6 is 7.82 Å². The average Bonchev–Trinajstić information content (AvgIpc) is 2.99. The van der Waals surface area contributed by atoms with Crippen molar-refractivity contribution in [1.82, 2.24) is 0 Å². The van der Waals surface area contributed by atoms with E-state index < -0.39 is 26.5 Å². The van der Waals surface area contributed by atoms with Crippen molar-refractivity contribution in [2.45, 2.75) is 123 Å². The van der Waals surface area contributed by atoms with Gasteiger partial charge in [-0.2, -0.15) is 0 Å². The lowest BCUT2D eigenvalue weighted by molar-refractivity contribution is -0.870. The van der Waals surface area contributed by atoms with Crippen LogP contribution in [0.1, 0.15) is 117 Å². The predicted molar refractivity (Wildman–Crippen MR) is 187 cm³/mol. The van der Waals surface area contributed by atoms with Gasteiger partial charge in [-0.15, -0.1) is 0 Å². The number of likely N-dealkylation sites (N-methyl/N-ethyl adjacent to an activating group) is 1. The van der Waals surface area contributed by atoms with Gasteiger partial charge in [0.25, 0.3) is 0 Å². The number of unbranched alkanes of at least 4 members (excludes halogenated alkanes) is 11. The Hall–Kier alpha value is -2.03. The number of esters is 2. The molecule has 0 aromatic carbocycles. The molecule has 2 atom stereocenters. The Balaban J connectivity index is 4.51. The Morgan fingerprint density at radius 1 is 0.696 bits per heavy atom. The second kappa shape index (κ2) is 29.1. The molecular weight excluding hydrogens is 605 g/mol. The van der Waals surface area contributed by atoms with Crippen molar-refractivity contribution in [2.75, 3.05) is 47.5 Å². The summed E-state index contributed by atoms with van der Waals surface area (Å²) in [4.78, 5) is 34.9. The molecule has 1 unspecified atom stereocenters. The third kappa shape index (κ3) is 31.9. The molecule has 0 heterocycles. The van der Waals surface area contributed by atoms with Gasteiger partial charge in [0.1, 0.15) is 19.8 Å². The topological polar surface area (TPSA) is 108 Å². The minimum absolute atomic E-state index is 0.0251. The van der Waals surface area contributed by atoms with Crippen molar-refractivity contribution in [2.24, 2.45) is 0 Å². The van der Waals surface area contributed by atoms with Crippen LogP contribution in [0.4, 0.5) is 0 Å². The molecule has 0 aliphatic carbocycles. The van der Waals surface area contributed by atoms with E-state index >= 15 is 0 Å². The van der Waals surface area contributed by atoms with Crippen molar-refractivity contribution in [3.8, 4) is 0 Å². The van der Waals surface area contributed by atoms with E-state index in [0.717, 1.165) is 57.8 Å². The van der Waals surface area contributed by atoms with Gasteiger partial charge in [-0.25, -0.2) is 4.57 Å². The lowest BCUT2D eigenvalue weighted by Gasteiger charge is -2.24.